The van der Waals surface area contributed by atoms with Crippen molar-refractivity contribution in [1.82, 2.24) is 0 Å². The van der Waals surface area contributed by atoms with Crippen molar-refractivity contribution in [2.24, 2.45) is 9.98 Å². The normalized spacial score (nSPS) is 9.25. The van der Waals surface area contributed by atoms with Crippen LogP contribution in [0.15, 0.2) is 119 Å². The minimum Gasteiger partial charge on any atom is -0.481 e. The molecule has 2 N–H and O–H groups in total. The zero-order valence-electron chi connectivity index (χ0n) is 22.2. The Labute approximate surface area is 264 Å². The number of aliphatic imine (C=N–C) groups is 2. The van der Waals surface area contributed by atoms with E-state index in [1.165, 1.54) is 11.1 Å². The predicted molar refractivity (Wildman–Crippen MR) is 153 cm³/mol. The Bertz CT molecular complexity index is 1120. The number of benzene rings is 4. The van der Waals surface area contributed by atoms with Gasteiger partial charge in [-0.1, -0.05) is 73.1 Å². The Morgan fingerprint density at radius 2 is 0.900 bits per heavy atom. The smallest absolute Gasteiger partial charge is 0.300 e. The molecule has 0 radical (unpaired) electrons. The van der Waals surface area contributed by atoms with E-state index >= 15 is 0 Å². The molecule has 0 amide bonds. The van der Waals surface area contributed by atoms with Crippen molar-refractivity contribution < 1.29 is 60.6 Å². The van der Waals surface area contributed by atoms with Crippen molar-refractivity contribution in [1.29, 1.82) is 0 Å². The van der Waals surface area contributed by atoms with E-state index in [2.05, 4.69) is 46.4 Å². The van der Waals surface area contributed by atoms with Crippen LogP contribution in [-0.2, 0) is 63.5 Å². The van der Waals surface area contributed by atoms with Gasteiger partial charge in [0.2, 0.25) is 0 Å². The molecule has 0 saturated heterocycles. The fourth-order valence-electron chi connectivity index (χ4n) is 2.64. The summed E-state index contributed by atoms with van der Waals surface area (Å²) in [5.74, 6) is -1.67. The van der Waals surface area contributed by atoms with Crippen molar-refractivity contribution in [3.8, 4) is 0 Å². The first-order valence-electron chi connectivity index (χ1n) is 11.8. The third kappa shape index (κ3) is 23.6. The Morgan fingerprint density at radius 1 is 0.600 bits per heavy atom. The predicted octanol–water partition coefficient (Wildman–Crippen LogP) is 6.39. The number of carboxylic acid groups (broad SMARTS) is 2. The van der Waals surface area contributed by atoms with Crippen molar-refractivity contribution in [3.05, 3.63) is 144 Å². The second kappa shape index (κ2) is 25.7. The van der Waals surface area contributed by atoms with Gasteiger partial charge in [0, 0.05) is 54.7 Å². The zero-order chi connectivity index (χ0) is 27.8. The maximum atomic E-state index is 9.00. The van der Waals surface area contributed by atoms with Crippen LogP contribution in [0, 0.1) is 12.1 Å². The molecule has 0 fully saturated rings. The van der Waals surface area contributed by atoms with Gasteiger partial charge in [-0.25, -0.2) is 0 Å². The third-order valence-corrected chi connectivity index (χ3v) is 4.16. The summed E-state index contributed by atoms with van der Waals surface area (Å²) in [6, 6.07) is 42.3. The van der Waals surface area contributed by atoms with E-state index in [4.69, 9.17) is 19.8 Å². The molecule has 0 aliphatic carbocycles. The minimum atomic E-state index is -0.833. The molecule has 4 aromatic carbocycles. The molecule has 0 unspecified atom stereocenters. The van der Waals surface area contributed by atoms with Crippen molar-refractivity contribution in [2.45, 2.75) is 26.9 Å². The number of hydrogen-bond donors (Lipinski definition) is 2. The van der Waals surface area contributed by atoms with Crippen LogP contribution in [0.5, 0.6) is 0 Å². The fourth-order valence-corrected chi connectivity index (χ4v) is 2.64. The summed E-state index contributed by atoms with van der Waals surface area (Å²) < 4.78 is 0. The molecule has 4 rings (SSSR count). The van der Waals surface area contributed by atoms with Gasteiger partial charge in [-0.05, 0) is 11.1 Å². The van der Waals surface area contributed by atoms with Gasteiger partial charge >= 0.3 is 0 Å². The molecule has 40 heavy (non-hydrogen) atoms. The maximum Gasteiger partial charge on any atom is 0.300 e. The van der Waals surface area contributed by atoms with E-state index in [1.807, 2.05) is 97.4 Å². The summed E-state index contributed by atoms with van der Waals surface area (Å²) in [6.45, 7) is 3.62. The largest absolute Gasteiger partial charge is 0.481 e. The van der Waals surface area contributed by atoms with Crippen molar-refractivity contribution in [2.75, 3.05) is 0 Å². The topological polar surface area (TPSA) is 99.3 Å². The standard InChI is InChI=1S/2C14H12N.2C2H4O2.2Pd/c2*1-3-7-13(8-4-1)11-15-12-14-9-5-2-6-10-14;2*1-2(3)4;;/h2*1-9,12H,11H2;2*1H3,(H,3,4);;/q2*-1;;;;. The minimum absolute atomic E-state index is 0. The SMILES string of the molecule is CC(=O)O.CC(=O)O.[Pd].[Pd].[c-]1ccccc1C=NCc1ccccc1.[c-]1ccccc1C=NCc1ccccc1. The van der Waals surface area contributed by atoms with Crippen LogP contribution in [0.25, 0.3) is 0 Å². The zero-order valence-corrected chi connectivity index (χ0v) is 25.3. The molecule has 0 bridgehead atoms. The number of rotatable bonds is 6. The van der Waals surface area contributed by atoms with Crippen LogP contribution in [0.4, 0.5) is 0 Å². The van der Waals surface area contributed by atoms with E-state index in [1.54, 1.807) is 0 Å². The van der Waals surface area contributed by atoms with Crippen LogP contribution in [0.1, 0.15) is 36.1 Å². The monoisotopic (exact) mass is 720 g/mol. The molecule has 0 saturated carbocycles. The number of carbonyl (C=O) groups is 2. The Morgan fingerprint density at radius 3 is 1.18 bits per heavy atom. The van der Waals surface area contributed by atoms with Crippen LogP contribution in [0.2, 0.25) is 0 Å². The Balaban J connectivity index is 0. The van der Waals surface area contributed by atoms with Gasteiger partial charge in [0.05, 0.1) is 13.1 Å². The number of carboxylic acids is 2. The van der Waals surface area contributed by atoms with E-state index in [9.17, 15) is 0 Å². The van der Waals surface area contributed by atoms with Crippen LogP contribution in [0.3, 0.4) is 0 Å². The molecule has 8 heteroatoms. The molecule has 4 aromatic rings. The maximum absolute atomic E-state index is 9.00. The molecular weight excluding hydrogens is 689 g/mol. The number of hydrogen-bond acceptors (Lipinski definition) is 4. The molecule has 0 aromatic heterocycles. The molecule has 6 nitrogen and oxygen atoms in total. The molecule has 0 spiro atoms. The summed E-state index contributed by atoms with van der Waals surface area (Å²) >= 11 is 0. The van der Waals surface area contributed by atoms with Gasteiger partial charge in [0.1, 0.15) is 0 Å². The first-order chi connectivity index (χ1) is 18.4. The van der Waals surface area contributed by atoms with Gasteiger partial charge in [-0.2, -0.15) is 0 Å². The summed E-state index contributed by atoms with van der Waals surface area (Å²) in [5.41, 5.74) is 4.50. The molecule has 216 valence electrons. The van der Waals surface area contributed by atoms with Crippen LogP contribution < -0.4 is 0 Å². The summed E-state index contributed by atoms with van der Waals surface area (Å²) in [7, 11) is 0. The Hall–Kier alpha value is -3.52. The third-order valence-electron chi connectivity index (χ3n) is 4.16. The average Bonchev–Trinajstić information content (AvgIpc) is 2.91. The second-order valence-electron chi connectivity index (χ2n) is 7.58. The molecular formula is C32H32N2O4Pd2-2. The first kappa shape index (κ1) is 38.6. The molecule has 0 aliphatic heterocycles. The summed E-state index contributed by atoms with van der Waals surface area (Å²) in [6.07, 6.45) is 3.71. The van der Waals surface area contributed by atoms with E-state index < -0.39 is 11.9 Å². The van der Waals surface area contributed by atoms with E-state index in [0.29, 0.717) is 0 Å². The van der Waals surface area contributed by atoms with Gasteiger partial charge in [-0.15, -0.1) is 71.8 Å². The van der Waals surface area contributed by atoms with E-state index in [0.717, 1.165) is 38.1 Å². The fraction of sp³-hybridized carbons (Fsp3) is 0.125. The summed E-state index contributed by atoms with van der Waals surface area (Å²) in [4.78, 5) is 26.7. The molecule has 0 heterocycles. The van der Waals surface area contributed by atoms with Crippen LogP contribution >= 0.6 is 0 Å². The van der Waals surface area contributed by atoms with Crippen LogP contribution in [-0.4, -0.2) is 34.6 Å². The van der Waals surface area contributed by atoms with Gasteiger partial charge in [0.15, 0.2) is 0 Å². The van der Waals surface area contributed by atoms with Gasteiger partial charge in [-0.3, -0.25) is 9.59 Å². The molecule has 0 aliphatic rings. The molecule has 0 atom stereocenters. The van der Waals surface area contributed by atoms with Gasteiger partial charge < -0.3 is 20.2 Å². The quantitative estimate of drug-likeness (QED) is 0.137. The Kier molecular flexibility index (Phi) is 24.9. The average molecular weight is 721 g/mol. The van der Waals surface area contributed by atoms with Crippen molar-refractivity contribution in [3.63, 3.8) is 0 Å². The van der Waals surface area contributed by atoms with E-state index in [-0.39, 0.29) is 40.8 Å². The van der Waals surface area contributed by atoms with Gasteiger partial charge in [0.25, 0.3) is 11.9 Å². The second-order valence-corrected chi connectivity index (χ2v) is 7.58. The number of nitrogens with zero attached hydrogens (tertiary/aromatic N) is 2. The van der Waals surface area contributed by atoms with Crippen molar-refractivity contribution >= 4 is 24.4 Å². The number of aliphatic carboxylic acids is 2. The summed E-state index contributed by atoms with van der Waals surface area (Å²) in [5, 5.41) is 14.8. The first-order valence-corrected chi connectivity index (χ1v) is 11.8.